The summed E-state index contributed by atoms with van der Waals surface area (Å²) in [6.07, 6.45) is 0. The van der Waals surface area contributed by atoms with Crippen LogP contribution in [0.25, 0.3) is 0 Å². The van der Waals surface area contributed by atoms with Crippen molar-refractivity contribution in [1.82, 2.24) is 0 Å². The second-order valence-electron chi connectivity index (χ2n) is 4.78. The van der Waals surface area contributed by atoms with E-state index in [1.54, 1.807) is 30.3 Å². The highest BCUT2D eigenvalue weighted by molar-refractivity contribution is 6.52. The van der Waals surface area contributed by atoms with Crippen LogP contribution in [0.5, 0.6) is 0 Å². The van der Waals surface area contributed by atoms with Crippen LogP contribution >= 0.6 is 0 Å². The molecule has 3 nitrogen and oxygen atoms in total. The summed E-state index contributed by atoms with van der Waals surface area (Å²) in [7, 11) is 0. The summed E-state index contributed by atoms with van der Waals surface area (Å²) in [5.74, 6) is -1.51. The van der Waals surface area contributed by atoms with Gasteiger partial charge in [-0.05, 0) is 24.6 Å². The van der Waals surface area contributed by atoms with E-state index in [2.05, 4.69) is 0 Å². The Bertz CT molecular complexity index is 724. The summed E-state index contributed by atoms with van der Waals surface area (Å²) < 4.78 is 13.7. The lowest BCUT2D eigenvalue weighted by Crippen LogP contribution is -2.29. The zero-order chi connectivity index (χ0) is 14.3. The summed E-state index contributed by atoms with van der Waals surface area (Å²) in [6, 6.07) is 11.5. The van der Waals surface area contributed by atoms with Crippen molar-refractivity contribution >= 4 is 17.4 Å². The van der Waals surface area contributed by atoms with Crippen LogP contribution in [0.15, 0.2) is 42.5 Å². The SMILES string of the molecule is Cc1cccc2c1N(Cc1ccccc1F)C(=O)C2=O. The van der Waals surface area contributed by atoms with E-state index in [9.17, 15) is 14.0 Å². The third-order valence-electron chi connectivity index (χ3n) is 3.48. The second-order valence-corrected chi connectivity index (χ2v) is 4.78. The number of rotatable bonds is 2. The average molecular weight is 269 g/mol. The summed E-state index contributed by atoms with van der Waals surface area (Å²) in [5.41, 5.74) is 2.21. The van der Waals surface area contributed by atoms with Gasteiger partial charge in [0.15, 0.2) is 0 Å². The van der Waals surface area contributed by atoms with Gasteiger partial charge in [0.1, 0.15) is 5.82 Å². The molecule has 2 aromatic rings. The minimum absolute atomic E-state index is 0.0646. The Morgan fingerprint density at radius 3 is 2.55 bits per heavy atom. The quantitative estimate of drug-likeness (QED) is 0.786. The van der Waals surface area contributed by atoms with E-state index >= 15 is 0 Å². The van der Waals surface area contributed by atoms with Gasteiger partial charge in [0.2, 0.25) is 0 Å². The number of hydrogen-bond donors (Lipinski definition) is 0. The van der Waals surface area contributed by atoms with Gasteiger partial charge in [0.25, 0.3) is 11.7 Å². The molecule has 0 aromatic heterocycles. The normalized spacial score (nSPS) is 13.8. The molecule has 0 bridgehead atoms. The fourth-order valence-corrected chi connectivity index (χ4v) is 2.49. The third-order valence-corrected chi connectivity index (χ3v) is 3.48. The van der Waals surface area contributed by atoms with Crippen LogP contribution in [0.2, 0.25) is 0 Å². The highest BCUT2D eigenvalue weighted by Crippen LogP contribution is 2.33. The Morgan fingerprint density at radius 2 is 1.80 bits per heavy atom. The summed E-state index contributed by atoms with van der Waals surface area (Å²) in [5, 5.41) is 0. The molecule has 4 heteroatoms. The molecule has 0 atom stereocenters. The number of Topliss-reactive ketones (excluding diaryl/α,β-unsaturated/α-hetero) is 1. The molecule has 1 amide bonds. The van der Waals surface area contributed by atoms with E-state index in [0.29, 0.717) is 16.8 Å². The first kappa shape index (κ1) is 12.5. The van der Waals surface area contributed by atoms with E-state index in [4.69, 9.17) is 0 Å². The molecule has 0 N–H and O–H groups in total. The van der Waals surface area contributed by atoms with Gasteiger partial charge < -0.3 is 0 Å². The van der Waals surface area contributed by atoms with Crippen molar-refractivity contribution < 1.29 is 14.0 Å². The zero-order valence-corrected chi connectivity index (χ0v) is 10.9. The number of amides is 1. The Balaban J connectivity index is 2.06. The molecule has 1 aliphatic rings. The van der Waals surface area contributed by atoms with Gasteiger partial charge >= 0.3 is 0 Å². The van der Waals surface area contributed by atoms with Crippen molar-refractivity contribution in [2.75, 3.05) is 4.90 Å². The minimum Gasteiger partial charge on any atom is -0.300 e. The number of anilines is 1. The Hall–Kier alpha value is -2.49. The van der Waals surface area contributed by atoms with E-state index in [-0.39, 0.29) is 12.4 Å². The lowest BCUT2D eigenvalue weighted by atomic mass is 10.1. The minimum atomic E-state index is -0.599. The molecule has 0 spiro atoms. The van der Waals surface area contributed by atoms with Gasteiger partial charge in [-0.2, -0.15) is 0 Å². The Kier molecular flexibility index (Phi) is 2.86. The maximum atomic E-state index is 13.7. The first-order valence-electron chi connectivity index (χ1n) is 6.29. The molecule has 1 aliphatic heterocycles. The van der Waals surface area contributed by atoms with E-state index in [0.717, 1.165) is 5.56 Å². The molecule has 2 aromatic carbocycles. The monoisotopic (exact) mass is 269 g/mol. The highest BCUT2D eigenvalue weighted by atomic mass is 19.1. The number of hydrogen-bond acceptors (Lipinski definition) is 2. The fourth-order valence-electron chi connectivity index (χ4n) is 2.49. The molecule has 0 unspecified atom stereocenters. The van der Waals surface area contributed by atoms with Crippen molar-refractivity contribution in [3.63, 3.8) is 0 Å². The standard InChI is InChI=1S/C16H12FNO2/c1-10-5-4-7-12-14(10)18(16(20)15(12)19)9-11-6-2-3-8-13(11)17/h2-8H,9H2,1H3. The van der Waals surface area contributed by atoms with Gasteiger partial charge in [0.05, 0.1) is 17.8 Å². The predicted molar refractivity (Wildman–Crippen MR) is 73.1 cm³/mol. The molecule has 0 saturated carbocycles. The number of para-hydroxylation sites is 1. The number of fused-ring (bicyclic) bond motifs is 1. The molecular formula is C16H12FNO2. The van der Waals surface area contributed by atoms with Crippen LogP contribution in [0.4, 0.5) is 10.1 Å². The number of nitrogens with zero attached hydrogens (tertiary/aromatic N) is 1. The van der Waals surface area contributed by atoms with E-state index < -0.39 is 11.7 Å². The zero-order valence-electron chi connectivity index (χ0n) is 10.9. The molecule has 0 fully saturated rings. The van der Waals surface area contributed by atoms with Crippen molar-refractivity contribution in [3.05, 3.63) is 65.0 Å². The molecular weight excluding hydrogens is 257 g/mol. The molecule has 1 heterocycles. The fraction of sp³-hybridized carbons (Fsp3) is 0.125. The summed E-state index contributed by atoms with van der Waals surface area (Å²) in [6.45, 7) is 1.90. The number of aryl methyl sites for hydroxylation is 1. The first-order valence-corrected chi connectivity index (χ1v) is 6.29. The predicted octanol–water partition coefficient (Wildman–Crippen LogP) is 2.86. The van der Waals surface area contributed by atoms with Crippen molar-refractivity contribution in [1.29, 1.82) is 0 Å². The first-order chi connectivity index (χ1) is 9.59. The van der Waals surface area contributed by atoms with Crippen molar-refractivity contribution in [2.45, 2.75) is 13.5 Å². The maximum Gasteiger partial charge on any atom is 0.299 e. The number of halogens is 1. The molecule has 3 rings (SSSR count). The van der Waals surface area contributed by atoms with Crippen LogP contribution in [0.1, 0.15) is 21.5 Å². The average Bonchev–Trinajstić information content (AvgIpc) is 2.68. The van der Waals surface area contributed by atoms with Gasteiger partial charge in [-0.25, -0.2) is 4.39 Å². The molecule has 0 aliphatic carbocycles. The molecule has 20 heavy (non-hydrogen) atoms. The lowest BCUT2D eigenvalue weighted by Gasteiger charge is -2.18. The number of carbonyl (C=O) groups is 2. The highest BCUT2D eigenvalue weighted by Gasteiger charge is 2.36. The number of ketones is 1. The molecule has 0 radical (unpaired) electrons. The van der Waals surface area contributed by atoms with Gasteiger partial charge in [-0.1, -0.05) is 30.3 Å². The summed E-state index contributed by atoms with van der Waals surface area (Å²) in [4.78, 5) is 25.4. The summed E-state index contributed by atoms with van der Waals surface area (Å²) >= 11 is 0. The largest absolute Gasteiger partial charge is 0.300 e. The van der Waals surface area contributed by atoms with Crippen molar-refractivity contribution in [2.24, 2.45) is 0 Å². The van der Waals surface area contributed by atoms with Gasteiger partial charge in [-0.3, -0.25) is 14.5 Å². The Morgan fingerprint density at radius 1 is 1.05 bits per heavy atom. The van der Waals surface area contributed by atoms with Crippen LogP contribution in [0.3, 0.4) is 0 Å². The van der Waals surface area contributed by atoms with Gasteiger partial charge in [0, 0.05) is 5.56 Å². The topological polar surface area (TPSA) is 37.4 Å². The second kappa shape index (κ2) is 4.56. The smallest absolute Gasteiger partial charge is 0.299 e. The molecule has 100 valence electrons. The molecule has 0 saturated heterocycles. The van der Waals surface area contributed by atoms with Gasteiger partial charge in [-0.15, -0.1) is 0 Å². The van der Waals surface area contributed by atoms with Crippen molar-refractivity contribution in [3.8, 4) is 0 Å². The van der Waals surface area contributed by atoms with Crippen LogP contribution in [-0.4, -0.2) is 11.7 Å². The Labute approximate surface area is 115 Å². The van der Waals surface area contributed by atoms with Crippen LogP contribution < -0.4 is 4.90 Å². The van der Waals surface area contributed by atoms with E-state index in [1.165, 1.54) is 11.0 Å². The van der Waals surface area contributed by atoms with E-state index in [1.807, 2.05) is 13.0 Å². The number of carbonyl (C=O) groups excluding carboxylic acids is 2. The number of benzene rings is 2. The lowest BCUT2D eigenvalue weighted by molar-refractivity contribution is -0.114. The van der Waals surface area contributed by atoms with Crippen LogP contribution in [0, 0.1) is 12.7 Å². The maximum absolute atomic E-state index is 13.7. The third kappa shape index (κ3) is 1.81. The van der Waals surface area contributed by atoms with Crippen LogP contribution in [-0.2, 0) is 11.3 Å².